The smallest absolute Gasteiger partial charge is 0.277 e. The third-order valence-electron chi connectivity index (χ3n) is 3.84. The lowest BCUT2D eigenvalue weighted by molar-refractivity contribution is -0.0000142. The fraction of sp³-hybridized carbons (Fsp3) is 0.235. The molecule has 1 heterocycles. The Labute approximate surface area is 156 Å². The van der Waals surface area contributed by atoms with Crippen LogP contribution in [-0.2, 0) is 6.54 Å². The van der Waals surface area contributed by atoms with E-state index in [1.807, 2.05) is 24.3 Å². The first-order valence-electron chi connectivity index (χ1n) is 7.82. The first kappa shape index (κ1) is 19.5. The van der Waals surface area contributed by atoms with Gasteiger partial charge in [0, 0.05) is 25.2 Å². The maximum absolute atomic E-state index is 11.8. The predicted octanol–water partition coefficient (Wildman–Crippen LogP) is -1.66. The zero-order valence-corrected chi connectivity index (χ0v) is 14.9. The molecule has 3 rings (SSSR count). The van der Waals surface area contributed by atoms with Crippen molar-refractivity contribution in [2.45, 2.75) is 6.54 Å². The number of benzene rings is 2. The van der Waals surface area contributed by atoms with Crippen LogP contribution in [-0.4, -0.2) is 36.4 Å². The van der Waals surface area contributed by atoms with Crippen LogP contribution in [0.5, 0.6) is 5.75 Å². The molecule has 4 N–H and O–H groups in total. The number of nitrogens with two attached hydrogens (primary N) is 1. The van der Waals surface area contributed by atoms with Crippen LogP contribution < -0.4 is 33.5 Å². The van der Waals surface area contributed by atoms with Crippen molar-refractivity contribution in [2.24, 2.45) is 0 Å². The number of nitrogens with zero attached hydrogens (tertiary/aromatic N) is 2. The summed E-state index contributed by atoms with van der Waals surface area (Å²) in [4.78, 5) is 11.8. The normalized spacial score (nSPS) is 10.3. The number of ether oxygens (including phenoxy) is 1. The summed E-state index contributed by atoms with van der Waals surface area (Å²) in [6.45, 7) is 1.61. The number of hydrogen-bond donors (Lipinski definition) is 3. The molecule has 9 heteroatoms. The van der Waals surface area contributed by atoms with Crippen LogP contribution in [0.1, 0.15) is 16.1 Å². The minimum absolute atomic E-state index is 0. The van der Waals surface area contributed by atoms with Gasteiger partial charge in [0.25, 0.3) is 5.91 Å². The number of carbonyl (C=O) groups is 1. The van der Waals surface area contributed by atoms with E-state index in [4.69, 9.17) is 10.5 Å². The standard InChI is InChI=1S/C17H19N5O3.ClH/c1-24-14-7-6-11-4-2-3-5-12(11)13(14)10-19-8-9-20-17(23)15-16(18)22-25-21-15;/h2-7,19H,8-10H2,1H3,(H2,18,22)(H,20,23);1H/p-1. The minimum atomic E-state index is -0.414. The molecule has 138 valence electrons. The summed E-state index contributed by atoms with van der Waals surface area (Å²) >= 11 is 0. The van der Waals surface area contributed by atoms with E-state index in [9.17, 15) is 4.79 Å². The number of rotatable bonds is 7. The molecule has 0 atom stereocenters. The Bertz CT molecular complexity index is 884. The molecule has 8 nitrogen and oxygen atoms in total. The Morgan fingerprint density at radius 3 is 2.73 bits per heavy atom. The van der Waals surface area contributed by atoms with Gasteiger partial charge in [-0.15, -0.1) is 0 Å². The second-order valence-electron chi connectivity index (χ2n) is 5.40. The van der Waals surface area contributed by atoms with Gasteiger partial charge in [0.1, 0.15) is 5.75 Å². The number of carbonyl (C=O) groups excluding carboxylic acids is 1. The summed E-state index contributed by atoms with van der Waals surface area (Å²) in [5, 5.41) is 15.1. The molecular weight excluding hydrogens is 358 g/mol. The van der Waals surface area contributed by atoms with Gasteiger partial charge < -0.3 is 33.5 Å². The summed E-state index contributed by atoms with van der Waals surface area (Å²) in [5.41, 5.74) is 6.55. The van der Waals surface area contributed by atoms with Crippen LogP contribution in [0.4, 0.5) is 5.82 Å². The van der Waals surface area contributed by atoms with Gasteiger partial charge in [0.2, 0.25) is 11.5 Å². The average molecular weight is 377 g/mol. The largest absolute Gasteiger partial charge is 1.00 e. The summed E-state index contributed by atoms with van der Waals surface area (Å²) in [7, 11) is 1.66. The van der Waals surface area contributed by atoms with Crippen LogP contribution >= 0.6 is 0 Å². The second-order valence-corrected chi connectivity index (χ2v) is 5.40. The Hall–Kier alpha value is -2.84. The van der Waals surface area contributed by atoms with Crippen LogP contribution in [0.3, 0.4) is 0 Å². The molecule has 1 aromatic heterocycles. The third kappa shape index (κ3) is 4.22. The number of fused-ring (bicyclic) bond motifs is 1. The number of hydrogen-bond acceptors (Lipinski definition) is 7. The van der Waals surface area contributed by atoms with Gasteiger partial charge in [-0.1, -0.05) is 30.3 Å². The number of anilines is 1. The quantitative estimate of drug-likeness (QED) is 0.422. The lowest BCUT2D eigenvalue weighted by Crippen LogP contribution is -3.00. The molecular formula is C17H19ClN5O3-. The number of nitrogen functional groups attached to an aromatic ring is 1. The van der Waals surface area contributed by atoms with Crippen molar-refractivity contribution in [3.05, 3.63) is 47.7 Å². The van der Waals surface area contributed by atoms with E-state index in [1.54, 1.807) is 7.11 Å². The molecule has 0 saturated heterocycles. The summed E-state index contributed by atoms with van der Waals surface area (Å²) < 4.78 is 9.86. The highest BCUT2D eigenvalue weighted by Gasteiger charge is 2.15. The lowest BCUT2D eigenvalue weighted by atomic mass is 10.0. The number of amides is 1. The Balaban J connectivity index is 0.00000243. The molecule has 2 aromatic carbocycles. The fourth-order valence-corrected chi connectivity index (χ4v) is 2.60. The summed E-state index contributed by atoms with van der Waals surface area (Å²) in [6.07, 6.45) is 0. The first-order chi connectivity index (χ1) is 12.2. The molecule has 0 radical (unpaired) electrons. The van der Waals surface area contributed by atoms with E-state index >= 15 is 0 Å². The van der Waals surface area contributed by atoms with Crippen molar-refractivity contribution in [1.29, 1.82) is 0 Å². The van der Waals surface area contributed by atoms with E-state index < -0.39 is 5.91 Å². The number of methoxy groups -OCH3 is 1. The Kier molecular flexibility index (Phi) is 6.76. The molecule has 0 spiro atoms. The number of nitrogens with one attached hydrogen (secondary N) is 2. The van der Waals surface area contributed by atoms with Gasteiger partial charge >= 0.3 is 0 Å². The van der Waals surface area contributed by atoms with E-state index in [0.29, 0.717) is 19.6 Å². The van der Waals surface area contributed by atoms with Crippen molar-refractivity contribution in [3.63, 3.8) is 0 Å². The molecule has 3 aromatic rings. The van der Waals surface area contributed by atoms with Gasteiger partial charge in [-0.25, -0.2) is 4.63 Å². The predicted molar refractivity (Wildman–Crippen MR) is 93.3 cm³/mol. The first-order valence-corrected chi connectivity index (χ1v) is 7.82. The molecule has 0 bridgehead atoms. The van der Waals surface area contributed by atoms with Crippen molar-refractivity contribution in [2.75, 3.05) is 25.9 Å². The van der Waals surface area contributed by atoms with Crippen LogP contribution in [0.25, 0.3) is 10.8 Å². The van der Waals surface area contributed by atoms with Gasteiger partial charge in [0.05, 0.1) is 7.11 Å². The highest BCUT2D eigenvalue weighted by molar-refractivity contribution is 5.95. The molecule has 0 fully saturated rings. The molecule has 0 aliphatic rings. The average Bonchev–Trinajstić information content (AvgIpc) is 3.07. The van der Waals surface area contributed by atoms with Gasteiger partial charge in [-0.2, -0.15) is 0 Å². The minimum Gasteiger partial charge on any atom is -1.00 e. The van der Waals surface area contributed by atoms with Gasteiger partial charge in [0.15, 0.2) is 0 Å². The van der Waals surface area contributed by atoms with Gasteiger partial charge in [-0.3, -0.25) is 4.79 Å². The maximum atomic E-state index is 11.8. The second kappa shape index (κ2) is 9.02. The van der Waals surface area contributed by atoms with Crippen molar-refractivity contribution in [3.8, 4) is 5.75 Å². The third-order valence-corrected chi connectivity index (χ3v) is 3.84. The zero-order chi connectivity index (χ0) is 17.6. The molecule has 0 aliphatic carbocycles. The fourth-order valence-electron chi connectivity index (χ4n) is 2.60. The van der Waals surface area contributed by atoms with Crippen molar-refractivity contribution in [1.82, 2.24) is 20.9 Å². The molecule has 26 heavy (non-hydrogen) atoms. The topological polar surface area (TPSA) is 115 Å². The molecule has 1 amide bonds. The van der Waals surface area contributed by atoms with Crippen molar-refractivity contribution >= 4 is 22.5 Å². The molecule has 0 saturated carbocycles. The monoisotopic (exact) mass is 376 g/mol. The van der Waals surface area contributed by atoms with E-state index in [2.05, 4.69) is 37.7 Å². The highest BCUT2D eigenvalue weighted by atomic mass is 35.5. The van der Waals surface area contributed by atoms with Gasteiger partial charge in [-0.05, 0) is 27.2 Å². The number of halogens is 1. The van der Waals surface area contributed by atoms with Crippen LogP contribution in [0.2, 0.25) is 0 Å². The Morgan fingerprint density at radius 2 is 2.00 bits per heavy atom. The Morgan fingerprint density at radius 1 is 1.19 bits per heavy atom. The van der Waals surface area contributed by atoms with Crippen molar-refractivity contribution < 1.29 is 26.6 Å². The maximum Gasteiger partial charge on any atom is 0.277 e. The summed E-state index contributed by atoms with van der Waals surface area (Å²) in [5.74, 6) is 0.394. The van der Waals surface area contributed by atoms with E-state index in [1.165, 1.54) is 0 Å². The zero-order valence-electron chi connectivity index (χ0n) is 14.2. The lowest BCUT2D eigenvalue weighted by Gasteiger charge is -2.13. The van der Waals surface area contributed by atoms with Crippen LogP contribution in [0.15, 0.2) is 41.0 Å². The molecule has 0 unspecified atom stereocenters. The highest BCUT2D eigenvalue weighted by Crippen LogP contribution is 2.27. The number of aromatic nitrogens is 2. The van der Waals surface area contributed by atoms with E-state index in [-0.39, 0.29) is 23.9 Å². The van der Waals surface area contributed by atoms with Crippen LogP contribution in [0, 0.1) is 0 Å². The molecule has 0 aliphatic heterocycles. The SMILES string of the molecule is COc1ccc2ccccc2c1CNCCNC(=O)c1nonc1N.[Cl-]. The van der Waals surface area contributed by atoms with E-state index in [0.717, 1.165) is 22.1 Å². The summed E-state index contributed by atoms with van der Waals surface area (Å²) in [6, 6.07) is 12.1.